The number of benzene rings is 1. The van der Waals surface area contributed by atoms with Crippen molar-refractivity contribution in [1.82, 2.24) is 0 Å². The van der Waals surface area contributed by atoms with Crippen LogP contribution >= 0.6 is 0 Å². The number of likely N-dealkylation sites (N-methyl/N-ethyl adjacent to an activating group) is 1. The predicted molar refractivity (Wildman–Crippen MR) is 60.7 cm³/mol. The molecule has 1 atom stereocenters. The van der Waals surface area contributed by atoms with E-state index >= 15 is 0 Å². The molecule has 0 bridgehead atoms. The third-order valence-corrected chi connectivity index (χ3v) is 3.05. The molecule has 2 N–H and O–H groups in total. The van der Waals surface area contributed by atoms with Gasteiger partial charge in [-0.1, -0.05) is 17.7 Å². The Hall–Kier alpha value is -1.02. The summed E-state index contributed by atoms with van der Waals surface area (Å²) in [5.41, 5.74) is 9.96. The first-order valence-electron chi connectivity index (χ1n) is 5.32. The second kappa shape index (κ2) is 3.62. The van der Waals surface area contributed by atoms with Gasteiger partial charge < -0.3 is 10.6 Å². The van der Waals surface area contributed by atoms with Gasteiger partial charge in [0.05, 0.1) is 0 Å². The lowest BCUT2D eigenvalue weighted by Gasteiger charge is -2.24. The van der Waals surface area contributed by atoms with E-state index in [0.717, 1.165) is 19.5 Å². The molecule has 0 aromatic heterocycles. The van der Waals surface area contributed by atoms with Gasteiger partial charge in [-0.15, -0.1) is 0 Å². The number of fused-ring (bicyclic) bond motifs is 1. The van der Waals surface area contributed by atoms with E-state index in [9.17, 15) is 0 Å². The Labute approximate surface area is 85.7 Å². The Kier molecular flexibility index (Phi) is 2.46. The topological polar surface area (TPSA) is 29.3 Å². The number of hydrogen-bond acceptors (Lipinski definition) is 2. The van der Waals surface area contributed by atoms with Crippen LogP contribution in [0.1, 0.15) is 18.1 Å². The molecule has 1 unspecified atom stereocenters. The smallest absolute Gasteiger partial charge is 0.0453 e. The van der Waals surface area contributed by atoms with Gasteiger partial charge in [-0.2, -0.15) is 0 Å². The fraction of sp³-hybridized carbons (Fsp3) is 0.500. The van der Waals surface area contributed by atoms with Gasteiger partial charge in [0.25, 0.3) is 0 Å². The molecule has 0 saturated carbocycles. The van der Waals surface area contributed by atoms with E-state index in [2.05, 4.69) is 36.9 Å². The molecule has 2 nitrogen and oxygen atoms in total. The highest BCUT2D eigenvalue weighted by Crippen LogP contribution is 2.31. The number of anilines is 1. The van der Waals surface area contributed by atoms with Gasteiger partial charge in [0.15, 0.2) is 0 Å². The number of nitrogens with two attached hydrogens (primary N) is 1. The van der Waals surface area contributed by atoms with Crippen LogP contribution in [0.5, 0.6) is 0 Å². The molecular weight excluding hydrogens is 172 g/mol. The zero-order chi connectivity index (χ0) is 10.1. The molecule has 0 aliphatic carbocycles. The van der Waals surface area contributed by atoms with Crippen molar-refractivity contribution < 1.29 is 0 Å². The van der Waals surface area contributed by atoms with Crippen molar-refractivity contribution in [3.8, 4) is 0 Å². The van der Waals surface area contributed by atoms with Crippen molar-refractivity contribution in [2.45, 2.75) is 26.3 Å². The van der Waals surface area contributed by atoms with Crippen LogP contribution in [0.3, 0.4) is 0 Å². The van der Waals surface area contributed by atoms with E-state index < -0.39 is 0 Å². The first-order chi connectivity index (χ1) is 6.76. The Balaban J connectivity index is 2.37. The summed E-state index contributed by atoms with van der Waals surface area (Å²) in [7, 11) is 0. The van der Waals surface area contributed by atoms with Gasteiger partial charge >= 0.3 is 0 Å². The van der Waals surface area contributed by atoms with Crippen molar-refractivity contribution in [1.29, 1.82) is 0 Å². The molecule has 0 amide bonds. The summed E-state index contributed by atoms with van der Waals surface area (Å²) in [4.78, 5) is 2.41. The SMILES string of the molecule is CCN1c2ccc(C)cc2CC1CN. The summed E-state index contributed by atoms with van der Waals surface area (Å²) in [6.07, 6.45) is 1.11. The molecule has 1 aliphatic heterocycles. The largest absolute Gasteiger partial charge is 0.367 e. The van der Waals surface area contributed by atoms with Crippen LogP contribution in [0.25, 0.3) is 0 Å². The minimum atomic E-state index is 0.511. The summed E-state index contributed by atoms with van der Waals surface area (Å²) in [6.45, 7) is 6.14. The van der Waals surface area contributed by atoms with Crippen molar-refractivity contribution in [3.63, 3.8) is 0 Å². The quantitative estimate of drug-likeness (QED) is 0.769. The minimum Gasteiger partial charge on any atom is -0.367 e. The molecular formula is C12H18N2. The number of nitrogens with zero attached hydrogens (tertiary/aromatic N) is 1. The van der Waals surface area contributed by atoms with E-state index in [1.807, 2.05) is 0 Å². The van der Waals surface area contributed by atoms with Crippen molar-refractivity contribution in [3.05, 3.63) is 29.3 Å². The third kappa shape index (κ3) is 1.40. The highest BCUT2D eigenvalue weighted by molar-refractivity contribution is 5.60. The monoisotopic (exact) mass is 190 g/mol. The molecule has 1 aliphatic rings. The lowest BCUT2D eigenvalue weighted by Crippen LogP contribution is -2.37. The van der Waals surface area contributed by atoms with E-state index in [4.69, 9.17) is 5.73 Å². The molecule has 76 valence electrons. The van der Waals surface area contributed by atoms with E-state index in [0.29, 0.717) is 6.04 Å². The summed E-state index contributed by atoms with van der Waals surface area (Å²) in [5, 5.41) is 0. The molecule has 2 rings (SSSR count). The predicted octanol–water partition coefficient (Wildman–Crippen LogP) is 1.70. The van der Waals surface area contributed by atoms with Gasteiger partial charge in [0.2, 0.25) is 0 Å². The summed E-state index contributed by atoms with van der Waals surface area (Å²) in [6, 6.07) is 7.20. The van der Waals surface area contributed by atoms with Crippen LogP contribution in [-0.2, 0) is 6.42 Å². The van der Waals surface area contributed by atoms with Crippen LogP contribution < -0.4 is 10.6 Å². The second-order valence-electron chi connectivity index (χ2n) is 4.01. The van der Waals surface area contributed by atoms with Crippen molar-refractivity contribution in [2.24, 2.45) is 5.73 Å². The Bertz CT molecular complexity index is 333. The molecule has 1 aromatic carbocycles. The first kappa shape index (κ1) is 9.53. The van der Waals surface area contributed by atoms with Gasteiger partial charge in [-0.3, -0.25) is 0 Å². The molecule has 0 fully saturated rings. The summed E-state index contributed by atoms with van der Waals surface area (Å²) >= 11 is 0. The van der Waals surface area contributed by atoms with Crippen molar-refractivity contribution in [2.75, 3.05) is 18.0 Å². The van der Waals surface area contributed by atoms with E-state index in [1.54, 1.807) is 0 Å². The van der Waals surface area contributed by atoms with E-state index in [1.165, 1.54) is 16.8 Å². The second-order valence-corrected chi connectivity index (χ2v) is 4.01. The standard InChI is InChI=1S/C12H18N2/c1-3-14-11(8-13)7-10-6-9(2)4-5-12(10)14/h4-6,11H,3,7-8,13H2,1-2H3. The van der Waals surface area contributed by atoms with Crippen LogP contribution in [0.2, 0.25) is 0 Å². The summed E-state index contributed by atoms with van der Waals surface area (Å²) < 4.78 is 0. The van der Waals surface area contributed by atoms with E-state index in [-0.39, 0.29) is 0 Å². The highest BCUT2D eigenvalue weighted by Gasteiger charge is 2.26. The minimum absolute atomic E-state index is 0.511. The number of aryl methyl sites for hydroxylation is 1. The van der Waals surface area contributed by atoms with Gasteiger partial charge in [-0.25, -0.2) is 0 Å². The maximum atomic E-state index is 5.78. The Morgan fingerprint density at radius 1 is 1.50 bits per heavy atom. The molecule has 14 heavy (non-hydrogen) atoms. The Morgan fingerprint density at radius 2 is 2.29 bits per heavy atom. The van der Waals surface area contributed by atoms with Crippen LogP contribution in [-0.4, -0.2) is 19.1 Å². The van der Waals surface area contributed by atoms with Crippen LogP contribution in [0, 0.1) is 6.92 Å². The fourth-order valence-electron chi connectivity index (χ4n) is 2.36. The third-order valence-electron chi connectivity index (χ3n) is 3.05. The highest BCUT2D eigenvalue weighted by atomic mass is 15.2. The lowest BCUT2D eigenvalue weighted by molar-refractivity contribution is 0.643. The summed E-state index contributed by atoms with van der Waals surface area (Å²) in [5.74, 6) is 0. The molecule has 1 heterocycles. The zero-order valence-corrected chi connectivity index (χ0v) is 8.96. The average molecular weight is 190 g/mol. The maximum absolute atomic E-state index is 5.78. The van der Waals surface area contributed by atoms with Crippen LogP contribution in [0.4, 0.5) is 5.69 Å². The van der Waals surface area contributed by atoms with Crippen LogP contribution in [0.15, 0.2) is 18.2 Å². The van der Waals surface area contributed by atoms with Gasteiger partial charge in [-0.05, 0) is 31.9 Å². The lowest BCUT2D eigenvalue weighted by atomic mass is 10.1. The zero-order valence-electron chi connectivity index (χ0n) is 8.96. The molecule has 0 radical (unpaired) electrons. The molecule has 2 heteroatoms. The molecule has 1 aromatic rings. The fourth-order valence-corrected chi connectivity index (χ4v) is 2.36. The molecule has 0 saturated heterocycles. The maximum Gasteiger partial charge on any atom is 0.0453 e. The van der Waals surface area contributed by atoms with Gasteiger partial charge in [0.1, 0.15) is 0 Å². The number of rotatable bonds is 2. The number of hydrogen-bond donors (Lipinski definition) is 1. The van der Waals surface area contributed by atoms with Crippen molar-refractivity contribution >= 4 is 5.69 Å². The average Bonchev–Trinajstić information content (AvgIpc) is 2.54. The normalized spacial score (nSPS) is 19.9. The Morgan fingerprint density at radius 3 is 2.93 bits per heavy atom. The van der Waals surface area contributed by atoms with Gasteiger partial charge in [0, 0.05) is 24.8 Å². The molecule has 0 spiro atoms. The first-order valence-corrected chi connectivity index (χ1v) is 5.32.